The van der Waals surface area contributed by atoms with Gasteiger partial charge in [0.05, 0.1) is 5.69 Å². The molecule has 4 rings (SSSR count). The van der Waals surface area contributed by atoms with Crippen molar-refractivity contribution in [1.29, 1.82) is 0 Å². The predicted octanol–water partition coefficient (Wildman–Crippen LogP) is 6.35. The molecule has 1 N–H and O–H groups in total. The molecule has 1 saturated heterocycles. The van der Waals surface area contributed by atoms with Crippen molar-refractivity contribution >= 4 is 40.8 Å². The Morgan fingerprint density at radius 3 is 2.21 bits per heavy atom. The highest BCUT2D eigenvalue weighted by atomic mass is 32.1. The van der Waals surface area contributed by atoms with Crippen molar-refractivity contribution in [1.82, 2.24) is 9.80 Å². The number of carbonyl (C=O) groups excluding carboxylic acids is 3. The fraction of sp³-hybridized carbons (Fsp3) is 0.733. The van der Waals surface area contributed by atoms with Crippen LogP contribution in [0.15, 0.2) is 6.07 Å². The number of amides is 4. The molecule has 1 unspecified atom stereocenters. The molecule has 39 heavy (non-hydrogen) atoms. The highest BCUT2D eigenvalue weighted by Crippen LogP contribution is 2.46. The Morgan fingerprint density at radius 1 is 1.05 bits per heavy atom. The summed E-state index contributed by atoms with van der Waals surface area (Å²) in [5.41, 5.74) is -0.172. The molecule has 0 aromatic carbocycles. The summed E-state index contributed by atoms with van der Waals surface area (Å²) in [7, 11) is 3.12. The van der Waals surface area contributed by atoms with E-state index in [1.807, 2.05) is 6.07 Å². The van der Waals surface area contributed by atoms with Crippen LogP contribution in [-0.2, 0) is 9.59 Å². The Hall–Kier alpha value is -2.42. The fourth-order valence-corrected chi connectivity index (χ4v) is 7.77. The number of rotatable bonds is 8. The van der Waals surface area contributed by atoms with Gasteiger partial charge in [-0.15, -0.1) is 11.3 Å². The zero-order valence-corrected chi connectivity index (χ0v) is 25.2. The van der Waals surface area contributed by atoms with Crippen molar-refractivity contribution in [2.24, 2.45) is 17.3 Å². The molecule has 0 radical (unpaired) electrons. The fourth-order valence-electron chi connectivity index (χ4n) is 6.60. The highest BCUT2D eigenvalue weighted by Gasteiger charge is 2.50. The number of imide groups is 1. The monoisotopic (exact) mass is 559 g/mol. The SMILES string of the molecule is CC1CCC(C(=O)N(CCCC2(C)C(=O)N(C)C(=O)N2C)c2cc(C3CCC(C)(C)CC3)sc2C(=O)O)CC1. The van der Waals surface area contributed by atoms with Crippen LogP contribution in [0.25, 0.3) is 0 Å². The summed E-state index contributed by atoms with van der Waals surface area (Å²) >= 11 is 1.32. The minimum atomic E-state index is -1.00. The summed E-state index contributed by atoms with van der Waals surface area (Å²) in [6, 6.07) is 1.63. The van der Waals surface area contributed by atoms with Crippen LogP contribution >= 0.6 is 11.3 Å². The van der Waals surface area contributed by atoms with Gasteiger partial charge in [-0.05, 0) is 94.4 Å². The summed E-state index contributed by atoms with van der Waals surface area (Å²) < 4.78 is 0. The molecule has 0 bridgehead atoms. The van der Waals surface area contributed by atoms with Crippen LogP contribution in [0.2, 0.25) is 0 Å². The largest absolute Gasteiger partial charge is 0.477 e. The van der Waals surface area contributed by atoms with Crippen molar-refractivity contribution in [3.63, 3.8) is 0 Å². The van der Waals surface area contributed by atoms with Crippen molar-refractivity contribution < 1.29 is 24.3 Å². The van der Waals surface area contributed by atoms with Gasteiger partial charge in [-0.1, -0.05) is 20.8 Å². The molecule has 2 saturated carbocycles. The van der Waals surface area contributed by atoms with Crippen LogP contribution < -0.4 is 4.90 Å². The molecular formula is C30H45N3O5S. The maximum absolute atomic E-state index is 14.0. The number of anilines is 1. The lowest BCUT2D eigenvalue weighted by molar-refractivity contribution is -0.131. The summed E-state index contributed by atoms with van der Waals surface area (Å²) in [4.78, 5) is 57.3. The highest BCUT2D eigenvalue weighted by molar-refractivity contribution is 7.14. The van der Waals surface area contributed by atoms with Gasteiger partial charge in [0.25, 0.3) is 5.91 Å². The number of nitrogens with zero attached hydrogens (tertiary/aromatic N) is 3. The van der Waals surface area contributed by atoms with Crippen LogP contribution in [-0.4, -0.2) is 64.9 Å². The Morgan fingerprint density at radius 2 is 1.67 bits per heavy atom. The first-order valence-electron chi connectivity index (χ1n) is 14.5. The second kappa shape index (κ2) is 11.2. The van der Waals surface area contributed by atoms with Gasteiger partial charge < -0.3 is 14.9 Å². The molecule has 1 aliphatic heterocycles. The van der Waals surface area contributed by atoms with Gasteiger partial charge in [-0.3, -0.25) is 14.5 Å². The number of hydrogen-bond donors (Lipinski definition) is 1. The van der Waals surface area contributed by atoms with Crippen LogP contribution in [0, 0.1) is 17.3 Å². The molecule has 0 spiro atoms. The second-order valence-electron chi connectivity index (χ2n) is 13.1. The molecule has 8 nitrogen and oxygen atoms in total. The maximum Gasteiger partial charge on any atom is 0.348 e. The van der Waals surface area contributed by atoms with Gasteiger partial charge in [0.2, 0.25) is 5.91 Å². The van der Waals surface area contributed by atoms with E-state index in [-0.39, 0.29) is 28.6 Å². The van der Waals surface area contributed by atoms with Crippen LogP contribution in [0.1, 0.15) is 112 Å². The number of hydrogen-bond acceptors (Lipinski definition) is 5. The first kappa shape index (κ1) is 29.6. The number of urea groups is 1. The standard InChI is InChI=1S/C30H45N3O5S/c1-19-8-10-21(11-9-19)25(34)33(17-7-14-30(4)27(37)31(5)28(38)32(30)6)22-18-23(39-24(22)26(35)36)20-12-15-29(2,3)16-13-20/h18-21H,7-17H2,1-6H3,(H,35,36). The summed E-state index contributed by atoms with van der Waals surface area (Å²) in [6.07, 6.45) is 8.73. The molecule has 1 aromatic rings. The molecule has 3 aliphatic rings. The molecule has 9 heteroatoms. The lowest BCUT2D eigenvalue weighted by Gasteiger charge is -2.34. The number of carboxylic acid groups (broad SMARTS) is 1. The molecule has 1 atom stereocenters. The summed E-state index contributed by atoms with van der Waals surface area (Å²) in [6.45, 7) is 8.87. The van der Waals surface area contributed by atoms with E-state index in [2.05, 4.69) is 20.8 Å². The lowest BCUT2D eigenvalue weighted by Crippen LogP contribution is -2.46. The topological polar surface area (TPSA) is 98.2 Å². The third-order valence-corrected chi connectivity index (χ3v) is 11.0. The molecule has 2 heterocycles. The maximum atomic E-state index is 14.0. The van der Waals surface area contributed by atoms with Gasteiger partial charge in [0, 0.05) is 31.4 Å². The zero-order valence-electron chi connectivity index (χ0n) is 24.4. The van der Waals surface area contributed by atoms with Crippen molar-refractivity contribution in [2.45, 2.75) is 103 Å². The Balaban J connectivity index is 1.60. The van der Waals surface area contributed by atoms with E-state index in [0.29, 0.717) is 42.3 Å². The molecule has 4 amide bonds. The number of carbonyl (C=O) groups is 4. The summed E-state index contributed by atoms with van der Waals surface area (Å²) in [5.74, 6) is -0.481. The van der Waals surface area contributed by atoms with Gasteiger partial charge in [0.15, 0.2) is 0 Å². The molecule has 216 valence electrons. The van der Waals surface area contributed by atoms with E-state index in [0.717, 1.165) is 61.1 Å². The lowest BCUT2D eigenvalue weighted by atomic mass is 9.73. The third-order valence-electron chi connectivity index (χ3n) is 9.71. The van der Waals surface area contributed by atoms with E-state index in [1.54, 1.807) is 18.9 Å². The van der Waals surface area contributed by atoms with Crippen molar-refractivity contribution in [3.05, 3.63) is 15.8 Å². The van der Waals surface area contributed by atoms with E-state index in [4.69, 9.17) is 0 Å². The summed E-state index contributed by atoms with van der Waals surface area (Å²) in [5, 5.41) is 10.2. The van der Waals surface area contributed by atoms with Gasteiger partial charge >= 0.3 is 12.0 Å². The van der Waals surface area contributed by atoms with Crippen LogP contribution in [0.3, 0.4) is 0 Å². The van der Waals surface area contributed by atoms with Crippen molar-refractivity contribution in [3.8, 4) is 0 Å². The predicted molar refractivity (Wildman–Crippen MR) is 153 cm³/mol. The normalized spacial score (nSPS) is 27.7. The quantitative estimate of drug-likeness (QED) is 0.374. The number of thiophene rings is 1. The Labute approximate surface area is 236 Å². The third kappa shape index (κ3) is 5.88. The van der Waals surface area contributed by atoms with E-state index in [9.17, 15) is 24.3 Å². The van der Waals surface area contributed by atoms with Crippen molar-refractivity contribution in [2.75, 3.05) is 25.5 Å². The molecule has 3 fully saturated rings. The van der Waals surface area contributed by atoms with Gasteiger partial charge in [-0.25, -0.2) is 9.59 Å². The molecule has 2 aliphatic carbocycles. The van der Waals surface area contributed by atoms with E-state index in [1.165, 1.54) is 23.3 Å². The average Bonchev–Trinajstić information content (AvgIpc) is 3.39. The molecular weight excluding hydrogens is 514 g/mol. The minimum absolute atomic E-state index is 0.0111. The van der Waals surface area contributed by atoms with E-state index >= 15 is 0 Å². The second-order valence-corrected chi connectivity index (χ2v) is 14.2. The van der Waals surface area contributed by atoms with Crippen LogP contribution in [0.5, 0.6) is 0 Å². The zero-order chi connectivity index (χ0) is 28.7. The first-order valence-corrected chi connectivity index (χ1v) is 15.3. The van der Waals surface area contributed by atoms with Gasteiger partial charge in [0.1, 0.15) is 10.4 Å². The number of aromatic carboxylic acids is 1. The molecule has 1 aromatic heterocycles. The Bertz CT molecular complexity index is 1110. The average molecular weight is 560 g/mol. The minimum Gasteiger partial charge on any atom is -0.477 e. The van der Waals surface area contributed by atoms with Crippen LogP contribution in [0.4, 0.5) is 10.5 Å². The van der Waals surface area contributed by atoms with E-state index < -0.39 is 11.5 Å². The Kier molecular flexibility index (Phi) is 8.50. The van der Waals surface area contributed by atoms with Gasteiger partial charge in [-0.2, -0.15) is 0 Å². The number of carboxylic acids is 1. The number of likely N-dealkylation sites (N-methyl/N-ethyl adjacent to an activating group) is 2. The first-order chi connectivity index (χ1) is 18.2. The smallest absolute Gasteiger partial charge is 0.348 e.